The number of para-hydroxylation sites is 1. The Hall–Kier alpha value is -3.16. The number of nitrogens with zero attached hydrogens (tertiary/aromatic N) is 1. The van der Waals surface area contributed by atoms with E-state index >= 15 is 0 Å². The van der Waals surface area contributed by atoms with Crippen molar-refractivity contribution in [2.45, 2.75) is 24.1 Å². The predicted octanol–water partition coefficient (Wildman–Crippen LogP) is 5.35. The summed E-state index contributed by atoms with van der Waals surface area (Å²) in [6.45, 7) is 1.76. The van der Waals surface area contributed by atoms with Crippen molar-refractivity contribution in [3.8, 4) is 0 Å². The van der Waals surface area contributed by atoms with Crippen LogP contribution in [0.5, 0.6) is 0 Å². The van der Waals surface area contributed by atoms with Crippen molar-refractivity contribution in [3.05, 3.63) is 94.9 Å². The predicted molar refractivity (Wildman–Crippen MR) is 124 cm³/mol. The minimum atomic E-state index is -3.67. The molecule has 0 radical (unpaired) electrons. The molecule has 1 heterocycles. The molecule has 0 bridgehead atoms. The molecule has 0 aliphatic rings. The number of aryl methyl sites for hydroxylation is 1. The first-order valence-electron chi connectivity index (χ1n) is 9.84. The zero-order valence-corrected chi connectivity index (χ0v) is 18.8. The molecule has 164 valence electrons. The van der Waals surface area contributed by atoms with Crippen molar-refractivity contribution in [2.75, 3.05) is 5.32 Å². The third kappa shape index (κ3) is 4.69. The Morgan fingerprint density at radius 3 is 2.50 bits per heavy atom. The number of carbonyl (C=O) groups is 1. The van der Waals surface area contributed by atoms with E-state index in [0.717, 1.165) is 11.6 Å². The van der Waals surface area contributed by atoms with E-state index in [1.165, 1.54) is 18.3 Å². The second-order valence-electron chi connectivity index (χ2n) is 7.56. The lowest BCUT2D eigenvalue weighted by Crippen LogP contribution is -2.19. The third-order valence-electron chi connectivity index (χ3n) is 5.08. The number of halogens is 2. The van der Waals surface area contributed by atoms with Gasteiger partial charge in [0, 0.05) is 22.1 Å². The van der Waals surface area contributed by atoms with Crippen molar-refractivity contribution in [1.29, 1.82) is 0 Å². The molecule has 5 nitrogen and oxygen atoms in total. The molecule has 8 heteroatoms. The lowest BCUT2D eigenvalue weighted by Gasteiger charge is -2.08. The van der Waals surface area contributed by atoms with Crippen molar-refractivity contribution < 1.29 is 17.6 Å². The van der Waals surface area contributed by atoms with Crippen LogP contribution >= 0.6 is 11.6 Å². The Kier molecular flexibility index (Phi) is 6.04. The van der Waals surface area contributed by atoms with E-state index in [9.17, 15) is 17.6 Å². The molecule has 0 atom stereocenters. The maximum atomic E-state index is 14.0. The minimum Gasteiger partial charge on any atom is -0.337 e. The topological polar surface area (TPSA) is 68.2 Å². The Morgan fingerprint density at radius 1 is 1.06 bits per heavy atom. The van der Waals surface area contributed by atoms with Gasteiger partial charge in [0.2, 0.25) is 5.91 Å². The van der Waals surface area contributed by atoms with Gasteiger partial charge in [-0.05, 0) is 36.8 Å². The number of carbonyl (C=O) groups excluding carboxylic acids is 1. The fourth-order valence-corrected chi connectivity index (χ4v) is 5.25. The van der Waals surface area contributed by atoms with Gasteiger partial charge in [0.1, 0.15) is 12.4 Å². The van der Waals surface area contributed by atoms with Gasteiger partial charge in [0.05, 0.1) is 16.3 Å². The number of nitrogens with one attached hydrogen (secondary N) is 1. The second-order valence-corrected chi connectivity index (χ2v) is 9.95. The smallest absolute Gasteiger partial charge is 0.244 e. The zero-order chi connectivity index (χ0) is 22.9. The molecule has 3 aromatic carbocycles. The number of sulfone groups is 1. The quantitative estimate of drug-likeness (QED) is 0.412. The maximum absolute atomic E-state index is 14.0. The summed E-state index contributed by atoms with van der Waals surface area (Å²) in [7, 11) is -3.67. The average Bonchev–Trinajstić information content (AvgIpc) is 3.11. The molecule has 0 aliphatic carbocycles. The van der Waals surface area contributed by atoms with Crippen molar-refractivity contribution >= 4 is 43.9 Å². The Balaban J connectivity index is 1.63. The van der Waals surface area contributed by atoms with E-state index in [1.54, 1.807) is 41.0 Å². The summed E-state index contributed by atoms with van der Waals surface area (Å²) in [5, 5.41) is 3.26. The summed E-state index contributed by atoms with van der Waals surface area (Å²) in [5.74, 6) is -1.29. The number of benzene rings is 3. The normalized spacial score (nSPS) is 11.6. The van der Waals surface area contributed by atoms with Crippen LogP contribution in [0.4, 0.5) is 10.1 Å². The zero-order valence-electron chi connectivity index (χ0n) is 17.2. The van der Waals surface area contributed by atoms with E-state index in [1.807, 2.05) is 19.1 Å². The molecule has 0 saturated carbocycles. The maximum Gasteiger partial charge on any atom is 0.244 e. The summed E-state index contributed by atoms with van der Waals surface area (Å²) in [5.41, 5.74) is 2.33. The molecule has 0 aliphatic heterocycles. The van der Waals surface area contributed by atoms with Crippen LogP contribution in [0.1, 0.15) is 11.1 Å². The monoisotopic (exact) mass is 470 g/mol. The van der Waals surface area contributed by atoms with Gasteiger partial charge >= 0.3 is 0 Å². The largest absolute Gasteiger partial charge is 0.337 e. The van der Waals surface area contributed by atoms with Crippen LogP contribution in [0.3, 0.4) is 0 Å². The van der Waals surface area contributed by atoms with Crippen LogP contribution < -0.4 is 5.32 Å². The molecule has 1 amide bonds. The average molecular weight is 471 g/mol. The highest BCUT2D eigenvalue weighted by Gasteiger charge is 2.22. The summed E-state index contributed by atoms with van der Waals surface area (Å²) in [6.07, 6.45) is 1.46. The van der Waals surface area contributed by atoms with Crippen LogP contribution in [-0.4, -0.2) is 18.9 Å². The van der Waals surface area contributed by atoms with Crippen LogP contribution in [-0.2, 0) is 26.9 Å². The van der Waals surface area contributed by atoms with Crippen LogP contribution in [0, 0.1) is 12.7 Å². The molecule has 0 unspecified atom stereocenters. The second kappa shape index (κ2) is 8.76. The van der Waals surface area contributed by atoms with Crippen molar-refractivity contribution in [3.63, 3.8) is 0 Å². The standard InChI is InChI=1S/C24H20ClFN2O3S/c1-16-6-8-17(9-7-16)15-32(30,31)23-13-28(22-5-3-2-4-19(22)23)14-24(29)27-21-11-10-18(25)12-20(21)26/h2-13H,14-15H2,1H3,(H,27,29). The lowest BCUT2D eigenvalue weighted by molar-refractivity contribution is -0.116. The number of anilines is 1. The van der Waals surface area contributed by atoms with Gasteiger partial charge in [-0.25, -0.2) is 12.8 Å². The van der Waals surface area contributed by atoms with Gasteiger partial charge in [-0.15, -0.1) is 0 Å². The number of rotatable bonds is 6. The van der Waals surface area contributed by atoms with Gasteiger partial charge < -0.3 is 9.88 Å². The first-order chi connectivity index (χ1) is 15.2. The molecule has 4 rings (SSSR count). The van der Waals surface area contributed by atoms with E-state index in [0.29, 0.717) is 16.5 Å². The first kappa shape index (κ1) is 22.0. The highest BCUT2D eigenvalue weighted by atomic mass is 35.5. The molecule has 0 fully saturated rings. The highest BCUT2D eigenvalue weighted by molar-refractivity contribution is 7.90. The molecule has 0 spiro atoms. The van der Waals surface area contributed by atoms with E-state index in [4.69, 9.17) is 11.6 Å². The fraction of sp³-hybridized carbons (Fsp3) is 0.125. The van der Waals surface area contributed by atoms with Crippen molar-refractivity contribution in [2.24, 2.45) is 0 Å². The van der Waals surface area contributed by atoms with E-state index < -0.39 is 21.6 Å². The van der Waals surface area contributed by atoms with Crippen LogP contribution in [0.2, 0.25) is 5.02 Å². The molecule has 1 aromatic heterocycles. The van der Waals surface area contributed by atoms with Gasteiger partial charge in [0.15, 0.2) is 9.84 Å². The number of amides is 1. The number of fused-ring (bicyclic) bond motifs is 1. The Labute approximate surface area is 190 Å². The molecule has 1 N–H and O–H groups in total. The van der Waals surface area contributed by atoms with Crippen LogP contribution in [0.25, 0.3) is 10.9 Å². The summed E-state index contributed by atoms with van der Waals surface area (Å²) >= 11 is 5.75. The van der Waals surface area contributed by atoms with Crippen LogP contribution in [0.15, 0.2) is 77.8 Å². The lowest BCUT2D eigenvalue weighted by atomic mass is 10.2. The summed E-state index contributed by atoms with van der Waals surface area (Å²) < 4.78 is 41.9. The van der Waals surface area contributed by atoms with Gasteiger partial charge in [-0.2, -0.15) is 0 Å². The number of hydrogen-bond donors (Lipinski definition) is 1. The Morgan fingerprint density at radius 2 is 1.78 bits per heavy atom. The number of hydrogen-bond acceptors (Lipinski definition) is 3. The van der Waals surface area contributed by atoms with Gasteiger partial charge in [-0.3, -0.25) is 4.79 Å². The molecule has 0 saturated heterocycles. The summed E-state index contributed by atoms with van der Waals surface area (Å²) in [4.78, 5) is 12.7. The molecule has 4 aromatic rings. The van der Waals surface area contributed by atoms with E-state index in [-0.39, 0.29) is 27.9 Å². The first-order valence-corrected chi connectivity index (χ1v) is 11.9. The van der Waals surface area contributed by atoms with Crippen molar-refractivity contribution in [1.82, 2.24) is 4.57 Å². The minimum absolute atomic E-state index is 0.00285. The van der Waals surface area contributed by atoms with Gasteiger partial charge in [-0.1, -0.05) is 59.6 Å². The highest BCUT2D eigenvalue weighted by Crippen LogP contribution is 2.28. The third-order valence-corrected chi connectivity index (χ3v) is 7.03. The number of aromatic nitrogens is 1. The fourth-order valence-electron chi connectivity index (χ4n) is 3.51. The molecule has 32 heavy (non-hydrogen) atoms. The van der Waals surface area contributed by atoms with Gasteiger partial charge in [0.25, 0.3) is 0 Å². The summed E-state index contributed by atoms with van der Waals surface area (Å²) in [6, 6.07) is 18.3. The molecular formula is C24H20ClFN2O3S. The van der Waals surface area contributed by atoms with E-state index in [2.05, 4.69) is 5.32 Å². The SMILES string of the molecule is Cc1ccc(CS(=O)(=O)c2cn(CC(=O)Nc3ccc(Cl)cc3F)c3ccccc23)cc1. The molecular weight excluding hydrogens is 451 g/mol. The Bertz CT molecular complexity index is 1410.